The van der Waals surface area contributed by atoms with Crippen LogP contribution in [0.1, 0.15) is 61.1 Å². The van der Waals surface area contributed by atoms with E-state index in [-0.39, 0.29) is 23.4 Å². The molecule has 0 amide bonds. The summed E-state index contributed by atoms with van der Waals surface area (Å²) < 4.78 is 12.2. The van der Waals surface area contributed by atoms with Gasteiger partial charge >= 0.3 is 0 Å². The molecule has 29 heavy (non-hydrogen) atoms. The van der Waals surface area contributed by atoms with Crippen LogP contribution in [0.3, 0.4) is 0 Å². The number of pyridine rings is 1. The number of thiophene rings is 1. The minimum absolute atomic E-state index is 0. The van der Waals surface area contributed by atoms with Crippen molar-refractivity contribution in [1.29, 1.82) is 0 Å². The maximum atomic E-state index is 6.36. The first-order chi connectivity index (χ1) is 13.8. The zero-order chi connectivity index (χ0) is 18.9. The Labute approximate surface area is 183 Å². The molecule has 0 aromatic carbocycles. The molecule has 2 fully saturated rings. The van der Waals surface area contributed by atoms with Crippen molar-refractivity contribution in [2.45, 2.75) is 68.9 Å². The fraction of sp³-hybridized carbons (Fsp3) is 0.609. The van der Waals surface area contributed by atoms with Gasteiger partial charge in [0, 0.05) is 42.4 Å². The SMILES string of the molecule is Cl.c1ccc([C@]2(CCNCc3scc4c3OCC4)CCOC3(CCCC3)C2)nc1. The topological polar surface area (TPSA) is 43.4 Å². The fourth-order valence-corrected chi connectivity index (χ4v) is 6.48. The van der Waals surface area contributed by atoms with Crippen molar-refractivity contribution in [2.24, 2.45) is 0 Å². The van der Waals surface area contributed by atoms with Gasteiger partial charge in [-0.15, -0.1) is 23.7 Å². The van der Waals surface area contributed by atoms with Gasteiger partial charge in [-0.2, -0.15) is 0 Å². The number of ether oxygens (including phenoxy) is 2. The lowest BCUT2D eigenvalue weighted by molar-refractivity contribution is -0.104. The van der Waals surface area contributed by atoms with Crippen molar-refractivity contribution >= 4 is 23.7 Å². The maximum Gasteiger partial charge on any atom is 0.137 e. The standard InChI is InChI=1S/C23H30N2O2S.ClH/c1-4-11-25-20(5-1)22(10-14-27-23(17-22)7-2-3-8-23)9-12-24-15-19-21-18(16-28-19)6-13-26-21;/h1,4-5,11,16,24H,2-3,6-10,12-15,17H2;1H/t22-;/m1./s1. The maximum absolute atomic E-state index is 6.36. The molecule has 3 aliphatic rings. The molecule has 2 aromatic heterocycles. The molecule has 0 radical (unpaired) electrons. The molecule has 1 spiro atoms. The molecule has 158 valence electrons. The minimum atomic E-state index is 0. The van der Waals surface area contributed by atoms with Crippen LogP contribution in [-0.4, -0.2) is 30.3 Å². The molecule has 0 bridgehead atoms. The molecule has 4 heterocycles. The van der Waals surface area contributed by atoms with Crippen LogP contribution in [0.2, 0.25) is 0 Å². The smallest absolute Gasteiger partial charge is 0.137 e. The molecule has 1 N–H and O–H groups in total. The fourth-order valence-electron chi connectivity index (χ4n) is 5.48. The third kappa shape index (κ3) is 4.20. The molecule has 0 unspecified atom stereocenters. The van der Waals surface area contributed by atoms with Crippen molar-refractivity contribution in [3.63, 3.8) is 0 Å². The largest absolute Gasteiger partial charge is 0.492 e. The highest BCUT2D eigenvalue weighted by atomic mass is 35.5. The van der Waals surface area contributed by atoms with Crippen molar-refractivity contribution in [1.82, 2.24) is 10.3 Å². The molecular weight excluding hydrogens is 404 g/mol. The van der Waals surface area contributed by atoms with Crippen molar-refractivity contribution in [2.75, 3.05) is 19.8 Å². The summed E-state index contributed by atoms with van der Waals surface area (Å²) in [6.07, 6.45) is 11.4. The molecular formula is C23H31ClN2O2S. The highest BCUT2D eigenvalue weighted by Crippen LogP contribution is 2.49. The molecule has 6 heteroatoms. The Bertz CT molecular complexity index is 806. The normalized spacial score (nSPS) is 24.8. The number of halogens is 1. The van der Waals surface area contributed by atoms with E-state index in [1.165, 1.54) is 41.8 Å². The first-order valence-corrected chi connectivity index (χ1v) is 11.6. The lowest BCUT2D eigenvalue weighted by Crippen LogP contribution is -2.47. The van der Waals surface area contributed by atoms with E-state index < -0.39 is 0 Å². The van der Waals surface area contributed by atoms with Gasteiger partial charge in [-0.05, 0) is 56.2 Å². The van der Waals surface area contributed by atoms with E-state index in [9.17, 15) is 0 Å². The average molecular weight is 435 g/mol. The summed E-state index contributed by atoms with van der Waals surface area (Å²) in [5.74, 6) is 1.15. The zero-order valence-corrected chi connectivity index (χ0v) is 18.6. The van der Waals surface area contributed by atoms with E-state index in [4.69, 9.17) is 14.5 Å². The third-order valence-corrected chi connectivity index (χ3v) is 7.96. The van der Waals surface area contributed by atoms with Gasteiger partial charge in [0.15, 0.2) is 0 Å². The molecule has 2 aliphatic heterocycles. The summed E-state index contributed by atoms with van der Waals surface area (Å²) in [5, 5.41) is 5.96. The summed E-state index contributed by atoms with van der Waals surface area (Å²) in [5.41, 5.74) is 2.87. The van der Waals surface area contributed by atoms with Crippen LogP contribution >= 0.6 is 23.7 Å². The summed E-state index contributed by atoms with van der Waals surface area (Å²) in [6, 6.07) is 6.39. The van der Waals surface area contributed by atoms with Gasteiger partial charge in [-0.1, -0.05) is 18.9 Å². The van der Waals surface area contributed by atoms with Gasteiger partial charge in [0.2, 0.25) is 0 Å². The Morgan fingerprint density at radius 2 is 2.03 bits per heavy atom. The van der Waals surface area contributed by atoms with E-state index in [1.54, 1.807) is 0 Å². The molecule has 2 aromatic rings. The van der Waals surface area contributed by atoms with Gasteiger partial charge < -0.3 is 14.8 Å². The Morgan fingerprint density at radius 3 is 2.86 bits per heavy atom. The van der Waals surface area contributed by atoms with E-state index in [2.05, 4.69) is 22.8 Å². The van der Waals surface area contributed by atoms with E-state index in [1.807, 2.05) is 23.6 Å². The number of hydrogen-bond donors (Lipinski definition) is 1. The second-order valence-corrected chi connectivity index (χ2v) is 9.66. The molecule has 4 nitrogen and oxygen atoms in total. The lowest BCUT2D eigenvalue weighted by Gasteiger charge is -2.46. The van der Waals surface area contributed by atoms with Gasteiger partial charge in [0.05, 0.1) is 17.1 Å². The minimum Gasteiger partial charge on any atom is -0.492 e. The molecule has 1 atom stereocenters. The first kappa shape index (κ1) is 21.1. The predicted octanol–water partition coefficient (Wildman–Crippen LogP) is 5.04. The van der Waals surface area contributed by atoms with Crippen molar-refractivity contribution < 1.29 is 9.47 Å². The zero-order valence-electron chi connectivity index (χ0n) is 17.0. The molecule has 1 saturated heterocycles. The monoisotopic (exact) mass is 434 g/mol. The summed E-state index contributed by atoms with van der Waals surface area (Å²) in [7, 11) is 0. The van der Waals surface area contributed by atoms with Gasteiger partial charge in [0.1, 0.15) is 5.75 Å². The van der Waals surface area contributed by atoms with Crippen LogP contribution in [-0.2, 0) is 23.1 Å². The van der Waals surface area contributed by atoms with E-state index in [0.717, 1.165) is 57.7 Å². The molecule has 1 aliphatic carbocycles. The number of fused-ring (bicyclic) bond motifs is 1. The Kier molecular flexibility index (Phi) is 6.50. The van der Waals surface area contributed by atoms with Gasteiger partial charge in [-0.25, -0.2) is 0 Å². The summed E-state index contributed by atoms with van der Waals surface area (Å²) >= 11 is 1.83. The third-order valence-electron chi connectivity index (χ3n) is 6.94. The second kappa shape index (κ2) is 8.93. The first-order valence-electron chi connectivity index (χ1n) is 10.8. The number of aromatic nitrogens is 1. The summed E-state index contributed by atoms with van der Waals surface area (Å²) in [4.78, 5) is 6.15. The van der Waals surface area contributed by atoms with Gasteiger partial charge in [-0.3, -0.25) is 4.98 Å². The number of hydrogen-bond acceptors (Lipinski definition) is 5. The highest BCUT2D eigenvalue weighted by molar-refractivity contribution is 7.10. The Balaban J connectivity index is 0.00000205. The molecule has 1 saturated carbocycles. The lowest BCUT2D eigenvalue weighted by atomic mass is 9.68. The Hall–Kier alpha value is -1.14. The van der Waals surface area contributed by atoms with E-state index >= 15 is 0 Å². The number of nitrogens with one attached hydrogen (secondary N) is 1. The van der Waals surface area contributed by atoms with Gasteiger partial charge in [0.25, 0.3) is 0 Å². The van der Waals surface area contributed by atoms with Crippen molar-refractivity contribution in [3.8, 4) is 5.75 Å². The van der Waals surface area contributed by atoms with Crippen LogP contribution in [0, 0.1) is 0 Å². The van der Waals surface area contributed by atoms with Crippen molar-refractivity contribution in [3.05, 3.63) is 45.9 Å². The second-order valence-electron chi connectivity index (χ2n) is 8.70. The molecule has 5 rings (SSSR count). The highest BCUT2D eigenvalue weighted by Gasteiger charge is 2.48. The van der Waals surface area contributed by atoms with Crippen LogP contribution < -0.4 is 10.1 Å². The van der Waals surface area contributed by atoms with E-state index in [0.29, 0.717) is 0 Å². The van der Waals surface area contributed by atoms with Crippen LogP contribution in [0.4, 0.5) is 0 Å². The number of nitrogens with zero attached hydrogens (tertiary/aromatic N) is 1. The number of rotatable bonds is 6. The van der Waals surface area contributed by atoms with Crippen LogP contribution in [0.15, 0.2) is 29.8 Å². The van der Waals surface area contributed by atoms with Crippen LogP contribution in [0.25, 0.3) is 0 Å². The summed E-state index contributed by atoms with van der Waals surface area (Å²) in [6.45, 7) is 3.61. The Morgan fingerprint density at radius 1 is 1.14 bits per heavy atom. The average Bonchev–Trinajstić information content (AvgIpc) is 3.45. The predicted molar refractivity (Wildman–Crippen MR) is 119 cm³/mol. The quantitative estimate of drug-likeness (QED) is 0.646. The van der Waals surface area contributed by atoms with Crippen LogP contribution in [0.5, 0.6) is 5.75 Å².